The Morgan fingerprint density at radius 3 is 2.65 bits per heavy atom. The number of halogens is 1. The number of fused-ring (bicyclic) bond motifs is 2. The second kappa shape index (κ2) is 7.89. The zero-order valence-corrected chi connectivity index (χ0v) is 17.7. The molecule has 0 aliphatic heterocycles. The molecule has 0 saturated carbocycles. The number of carbonyl (C=O) groups excluding carboxylic acids is 1. The van der Waals surface area contributed by atoms with Gasteiger partial charge in [0, 0.05) is 35.6 Å². The van der Waals surface area contributed by atoms with Crippen molar-refractivity contribution in [2.45, 2.75) is 13.1 Å². The van der Waals surface area contributed by atoms with Crippen LogP contribution in [0.3, 0.4) is 0 Å². The van der Waals surface area contributed by atoms with E-state index in [9.17, 15) is 4.79 Å². The van der Waals surface area contributed by atoms with Crippen LogP contribution in [0, 0.1) is 0 Å². The van der Waals surface area contributed by atoms with Crippen LogP contribution in [-0.4, -0.2) is 25.5 Å². The SMILES string of the molecule is Cn1cc2cccc(CNC(=O)c3nn(Cc4ccc(Cl)cc4)c4ccccc34)c2n1. The first-order valence-corrected chi connectivity index (χ1v) is 10.4. The number of nitrogens with one attached hydrogen (secondary N) is 1. The third kappa shape index (κ3) is 3.78. The lowest BCUT2D eigenvalue weighted by molar-refractivity contribution is 0.0947. The highest BCUT2D eigenvalue weighted by Gasteiger charge is 2.17. The van der Waals surface area contributed by atoms with E-state index in [-0.39, 0.29) is 5.91 Å². The Kier molecular flexibility index (Phi) is 4.92. The van der Waals surface area contributed by atoms with Crippen molar-refractivity contribution < 1.29 is 4.79 Å². The molecule has 3 aromatic carbocycles. The monoisotopic (exact) mass is 429 g/mol. The summed E-state index contributed by atoms with van der Waals surface area (Å²) >= 11 is 6.00. The predicted octanol–water partition coefficient (Wildman–Crippen LogP) is 4.55. The fourth-order valence-electron chi connectivity index (χ4n) is 3.81. The van der Waals surface area contributed by atoms with Crippen LogP contribution in [0.1, 0.15) is 21.6 Å². The van der Waals surface area contributed by atoms with Gasteiger partial charge in [0.25, 0.3) is 5.91 Å². The largest absolute Gasteiger partial charge is 0.346 e. The van der Waals surface area contributed by atoms with Gasteiger partial charge in [0.2, 0.25) is 0 Å². The van der Waals surface area contributed by atoms with E-state index in [1.165, 1.54) is 0 Å². The molecular formula is C24H20ClN5O. The molecule has 0 saturated heterocycles. The number of aryl methyl sites for hydroxylation is 1. The smallest absolute Gasteiger partial charge is 0.272 e. The first-order chi connectivity index (χ1) is 15.1. The van der Waals surface area contributed by atoms with Crippen LogP contribution in [0.5, 0.6) is 0 Å². The Morgan fingerprint density at radius 1 is 1.00 bits per heavy atom. The molecule has 31 heavy (non-hydrogen) atoms. The molecule has 0 radical (unpaired) electrons. The number of nitrogens with zero attached hydrogens (tertiary/aromatic N) is 4. The van der Waals surface area contributed by atoms with Gasteiger partial charge in [0.05, 0.1) is 17.6 Å². The van der Waals surface area contributed by atoms with Crippen LogP contribution in [0.15, 0.2) is 72.9 Å². The molecule has 2 aromatic heterocycles. The summed E-state index contributed by atoms with van der Waals surface area (Å²) in [4.78, 5) is 13.1. The van der Waals surface area contributed by atoms with Crippen molar-refractivity contribution >= 4 is 39.3 Å². The molecule has 0 aliphatic rings. The van der Waals surface area contributed by atoms with E-state index < -0.39 is 0 Å². The Labute approximate surface area is 184 Å². The van der Waals surface area contributed by atoms with Gasteiger partial charge in [0.15, 0.2) is 5.69 Å². The van der Waals surface area contributed by atoms with Gasteiger partial charge in [-0.1, -0.05) is 60.1 Å². The van der Waals surface area contributed by atoms with Crippen LogP contribution in [-0.2, 0) is 20.1 Å². The number of amides is 1. The van der Waals surface area contributed by atoms with E-state index in [0.717, 1.165) is 32.9 Å². The van der Waals surface area contributed by atoms with Crippen molar-refractivity contribution in [2.24, 2.45) is 7.05 Å². The molecule has 5 aromatic rings. The highest BCUT2D eigenvalue weighted by Crippen LogP contribution is 2.21. The minimum atomic E-state index is -0.209. The zero-order chi connectivity index (χ0) is 21.4. The van der Waals surface area contributed by atoms with Crippen molar-refractivity contribution in [1.29, 1.82) is 0 Å². The van der Waals surface area contributed by atoms with Crippen LogP contribution in [0.2, 0.25) is 5.02 Å². The Balaban J connectivity index is 1.42. The number of hydrogen-bond acceptors (Lipinski definition) is 3. The predicted molar refractivity (Wildman–Crippen MR) is 122 cm³/mol. The summed E-state index contributed by atoms with van der Waals surface area (Å²) < 4.78 is 3.63. The Bertz CT molecular complexity index is 1400. The molecule has 7 heteroatoms. The van der Waals surface area contributed by atoms with E-state index in [4.69, 9.17) is 11.6 Å². The molecule has 2 heterocycles. The maximum atomic E-state index is 13.1. The highest BCUT2D eigenvalue weighted by atomic mass is 35.5. The fraction of sp³-hybridized carbons (Fsp3) is 0.125. The summed E-state index contributed by atoms with van der Waals surface area (Å²) in [5.74, 6) is -0.209. The van der Waals surface area contributed by atoms with E-state index in [1.807, 2.05) is 84.7 Å². The molecule has 154 valence electrons. The van der Waals surface area contributed by atoms with Crippen molar-refractivity contribution in [2.75, 3.05) is 0 Å². The van der Waals surface area contributed by atoms with Crippen molar-refractivity contribution in [3.05, 3.63) is 94.8 Å². The van der Waals surface area contributed by atoms with Gasteiger partial charge in [-0.2, -0.15) is 10.2 Å². The highest BCUT2D eigenvalue weighted by molar-refractivity contribution is 6.30. The molecule has 5 rings (SSSR count). The minimum Gasteiger partial charge on any atom is -0.346 e. The maximum absolute atomic E-state index is 13.1. The summed E-state index contributed by atoms with van der Waals surface area (Å²) in [6.07, 6.45) is 1.96. The number of aromatic nitrogens is 4. The lowest BCUT2D eigenvalue weighted by Gasteiger charge is -2.05. The molecular weight excluding hydrogens is 410 g/mol. The molecule has 1 amide bonds. The normalized spacial score (nSPS) is 11.3. The lowest BCUT2D eigenvalue weighted by Crippen LogP contribution is -2.24. The van der Waals surface area contributed by atoms with Crippen molar-refractivity contribution in [3.8, 4) is 0 Å². The maximum Gasteiger partial charge on any atom is 0.272 e. The van der Waals surface area contributed by atoms with Crippen LogP contribution in [0.25, 0.3) is 21.8 Å². The quantitative estimate of drug-likeness (QED) is 0.445. The van der Waals surface area contributed by atoms with Gasteiger partial charge in [0.1, 0.15) is 0 Å². The second-order valence-corrected chi connectivity index (χ2v) is 7.93. The summed E-state index contributed by atoms with van der Waals surface area (Å²) in [5, 5.41) is 14.7. The molecule has 0 unspecified atom stereocenters. The lowest BCUT2D eigenvalue weighted by atomic mass is 10.1. The molecule has 0 atom stereocenters. The molecule has 0 spiro atoms. The summed E-state index contributed by atoms with van der Waals surface area (Å²) in [6.45, 7) is 0.934. The van der Waals surface area contributed by atoms with Crippen LogP contribution in [0.4, 0.5) is 0 Å². The van der Waals surface area contributed by atoms with E-state index in [2.05, 4.69) is 15.5 Å². The summed E-state index contributed by atoms with van der Waals surface area (Å²) in [6, 6.07) is 21.4. The first-order valence-electron chi connectivity index (χ1n) is 9.98. The van der Waals surface area contributed by atoms with E-state index in [0.29, 0.717) is 23.8 Å². The summed E-state index contributed by atoms with van der Waals surface area (Å²) in [5.41, 5.74) is 4.25. The van der Waals surface area contributed by atoms with Crippen LogP contribution < -0.4 is 5.32 Å². The molecule has 1 N–H and O–H groups in total. The Morgan fingerprint density at radius 2 is 1.81 bits per heavy atom. The number of para-hydroxylation sites is 1. The average molecular weight is 430 g/mol. The van der Waals surface area contributed by atoms with Gasteiger partial charge >= 0.3 is 0 Å². The number of rotatable bonds is 5. The van der Waals surface area contributed by atoms with Gasteiger partial charge in [-0.25, -0.2) is 0 Å². The van der Waals surface area contributed by atoms with Gasteiger partial charge in [-0.05, 0) is 29.3 Å². The number of hydrogen-bond donors (Lipinski definition) is 1. The van der Waals surface area contributed by atoms with Gasteiger partial charge in [-0.3, -0.25) is 14.2 Å². The van der Waals surface area contributed by atoms with Crippen molar-refractivity contribution in [1.82, 2.24) is 24.9 Å². The third-order valence-corrected chi connectivity index (χ3v) is 5.54. The standard InChI is InChI=1S/C24H20ClN5O/c1-29-15-18-6-4-5-17(22(18)27-29)13-26-24(31)23-20-7-2-3-8-21(20)30(28-23)14-16-9-11-19(25)12-10-16/h2-12,15H,13-14H2,1H3,(H,26,31). The minimum absolute atomic E-state index is 0.209. The van der Waals surface area contributed by atoms with Gasteiger partial charge < -0.3 is 5.32 Å². The van der Waals surface area contributed by atoms with Crippen molar-refractivity contribution in [3.63, 3.8) is 0 Å². The van der Waals surface area contributed by atoms with Crippen LogP contribution >= 0.6 is 11.6 Å². The zero-order valence-electron chi connectivity index (χ0n) is 16.9. The molecule has 0 fully saturated rings. The fourth-order valence-corrected chi connectivity index (χ4v) is 3.93. The first kappa shape index (κ1) is 19.3. The molecule has 0 bridgehead atoms. The van der Waals surface area contributed by atoms with E-state index >= 15 is 0 Å². The molecule has 6 nitrogen and oxygen atoms in total. The Hall–Kier alpha value is -3.64. The summed E-state index contributed by atoms with van der Waals surface area (Å²) in [7, 11) is 1.89. The molecule has 0 aliphatic carbocycles. The van der Waals surface area contributed by atoms with Gasteiger partial charge in [-0.15, -0.1) is 0 Å². The average Bonchev–Trinajstić information content (AvgIpc) is 3.34. The number of benzene rings is 3. The number of carbonyl (C=O) groups is 1. The second-order valence-electron chi connectivity index (χ2n) is 7.49. The topological polar surface area (TPSA) is 64.7 Å². The van der Waals surface area contributed by atoms with E-state index in [1.54, 1.807) is 4.68 Å². The third-order valence-electron chi connectivity index (χ3n) is 5.29.